The van der Waals surface area contributed by atoms with Gasteiger partial charge in [-0.15, -0.1) is 0 Å². The molecule has 0 unspecified atom stereocenters. The molecular weight excluding hydrogens is 228 g/mol. The van der Waals surface area contributed by atoms with E-state index in [1.165, 1.54) is 0 Å². The maximum absolute atomic E-state index is 11.9. The summed E-state index contributed by atoms with van der Waals surface area (Å²) < 4.78 is 0. The van der Waals surface area contributed by atoms with Crippen molar-refractivity contribution >= 4 is 17.3 Å². The van der Waals surface area contributed by atoms with Gasteiger partial charge in [0.2, 0.25) is 0 Å². The van der Waals surface area contributed by atoms with Gasteiger partial charge in [-0.3, -0.25) is 4.79 Å². The Bertz CT molecular complexity index is 550. The summed E-state index contributed by atoms with van der Waals surface area (Å²) in [5, 5.41) is 11.8. The van der Waals surface area contributed by atoms with Crippen molar-refractivity contribution in [3.63, 3.8) is 0 Å². The lowest BCUT2D eigenvalue weighted by Crippen LogP contribution is -2.11. The van der Waals surface area contributed by atoms with Crippen LogP contribution in [0.2, 0.25) is 0 Å². The molecular formula is C14H14N2O2. The Morgan fingerprint density at radius 2 is 1.89 bits per heavy atom. The zero-order chi connectivity index (χ0) is 13.0. The van der Waals surface area contributed by atoms with Crippen LogP contribution in [0.3, 0.4) is 0 Å². The van der Waals surface area contributed by atoms with Gasteiger partial charge in [-0.25, -0.2) is 0 Å². The van der Waals surface area contributed by atoms with Gasteiger partial charge in [0.25, 0.3) is 5.91 Å². The first-order valence-electron chi connectivity index (χ1n) is 5.56. The van der Waals surface area contributed by atoms with Crippen LogP contribution in [-0.4, -0.2) is 11.0 Å². The van der Waals surface area contributed by atoms with Gasteiger partial charge in [-0.05, 0) is 42.0 Å². The van der Waals surface area contributed by atoms with Crippen LogP contribution in [0.15, 0.2) is 48.5 Å². The number of hydrogen-bond acceptors (Lipinski definition) is 3. The zero-order valence-corrected chi connectivity index (χ0v) is 9.76. The van der Waals surface area contributed by atoms with E-state index in [0.29, 0.717) is 16.9 Å². The van der Waals surface area contributed by atoms with Gasteiger partial charge in [0, 0.05) is 16.9 Å². The van der Waals surface area contributed by atoms with Crippen LogP contribution < -0.4 is 11.1 Å². The summed E-state index contributed by atoms with van der Waals surface area (Å²) in [5.41, 5.74) is 8.13. The number of benzene rings is 2. The molecule has 1 amide bonds. The van der Waals surface area contributed by atoms with Crippen LogP contribution >= 0.6 is 0 Å². The number of nitrogens with one attached hydrogen (secondary N) is 1. The summed E-state index contributed by atoms with van der Waals surface area (Å²) in [4.78, 5) is 11.9. The molecule has 4 N–H and O–H groups in total. The first-order chi connectivity index (χ1) is 8.69. The number of nitrogen functional groups attached to an aromatic ring is 1. The van der Waals surface area contributed by atoms with Crippen molar-refractivity contribution in [3.8, 4) is 0 Å². The molecule has 0 atom stereocenters. The van der Waals surface area contributed by atoms with Gasteiger partial charge in [-0.1, -0.05) is 12.1 Å². The molecule has 0 saturated heterocycles. The number of carbonyl (C=O) groups excluding carboxylic acids is 1. The summed E-state index contributed by atoms with van der Waals surface area (Å²) in [7, 11) is 0. The van der Waals surface area contributed by atoms with Crippen molar-refractivity contribution in [2.75, 3.05) is 11.1 Å². The Morgan fingerprint density at radius 3 is 2.56 bits per heavy atom. The number of amides is 1. The molecule has 4 nitrogen and oxygen atoms in total. The van der Waals surface area contributed by atoms with Crippen molar-refractivity contribution in [3.05, 3.63) is 59.7 Å². The third-order valence-electron chi connectivity index (χ3n) is 2.54. The Balaban J connectivity index is 2.13. The van der Waals surface area contributed by atoms with E-state index < -0.39 is 0 Å². The highest BCUT2D eigenvalue weighted by molar-refractivity contribution is 6.04. The summed E-state index contributed by atoms with van der Waals surface area (Å²) in [6, 6.07) is 13.8. The van der Waals surface area contributed by atoms with E-state index in [2.05, 4.69) is 5.32 Å². The second-order valence-corrected chi connectivity index (χ2v) is 3.93. The molecule has 4 heteroatoms. The van der Waals surface area contributed by atoms with Gasteiger partial charge in [0.1, 0.15) is 0 Å². The average Bonchev–Trinajstić information content (AvgIpc) is 2.39. The maximum atomic E-state index is 11.9. The number of hydrogen-bond donors (Lipinski definition) is 3. The molecule has 0 saturated carbocycles. The Kier molecular flexibility index (Phi) is 3.60. The summed E-state index contributed by atoms with van der Waals surface area (Å²) >= 11 is 0. The Hall–Kier alpha value is -2.33. The van der Waals surface area contributed by atoms with E-state index in [1.54, 1.807) is 48.5 Å². The second-order valence-electron chi connectivity index (χ2n) is 3.93. The molecule has 2 aromatic carbocycles. The van der Waals surface area contributed by atoms with Gasteiger partial charge in [0.05, 0.1) is 6.61 Å². The number of rotatable bonds is 3. The van der Waals surface area contributed by atoms with E-state index in [0.717, 1.165) is 5.56 Å². The first-order valence-corrected chi connectivity index (χ1v) is 5.56. The smallest absolute Gasteiger partial charge is 0.255 e. The van der Waals surface area contributed by atoms with Crippen molar-refractivity contribution in [2.24, 2.45) is 0 Å². The van der Waals surface area contributed by atoms with Crippen LogP contribution in [0.25, 0.3) is 0 Å². The molecule has 0 radical (unpaired) electrons. The normalized spacial score (nSPS) is 10.1. The number of anilines is 2. The van der Waals surface area contributed by atoms with Crippen LogP contribution in [0.1, 0.15) is 15.9 Å². The minimum atomic E-state index is -0.204. The predicted octanol–water partition coefficient (Wildman–Crippen LogP) is 2.01. The highest BCUT2D eigenvalue weighted by Gasteiger charge is 2.05. The van der Waals surface area contributed by atoms with E-state index in [4.69, 9.17) is 10.8 Å². The van der Waals surface area contributed by atoms with E-state index in [1.807, 2.05) is 0 Å². The SMILES string of the molecule is Nc1ccc(C(=O)Nc2cccc(CO)c2)cc1. The van der Waals surface area contributed by atoms with Crippen molar-refractivity contribution in [1.82, 2.24) is 0 Å². The predicted molar refractivity (Wildman–Crippen MR) is 71.2 cm³/mol. The molecule has 0 spiro atoms. The highest BCUT2D eigenvalue weighted by atomic mass is 16.3. The molecule has 0 bridgehead atoms. The molecule has 92 valence electrons. The fourth-order valence-corrected chi connectivity index (χ4v) is 1.59. The molecule has 0 aliphatic heterocycles. The third-order valence-corrected chi connectivity index (χ3v) is 2.54. The Labute approximate surface area is 105 Å². The minimum absolute atomic E-state index is 0.0500. The fourth-order valence-electron chi connectivity index (χ4n) is 1.59. The standard InChI is InChI=1S/C14H14N2O2/c15-12-6-4-11(5-7-12)14(18)16-13-3-1-2-10(8-13)9-17/h1-8,17H,9,15H2,(H,16,18). The Morgan fingerprint density at radius 1 is 1.17 bits per heavy atom. The van der Waals surface area contributed by atoms with Gasteiger partial charge >= 0.3 is 0 Å². The topological polar surface area (TPSA) is 75.4 Å². The quantitative estimate of drug-likeness (QED) is 0.721. The number of carbonyl (C=O) groups is 1. The largest absolute Gasteiger partial charge is 0.399 e. The molecule has 0 aliphatic rings. The minimum Gasteiger partial charge on any atom is -0.399 e. The van der Waals surface area contributed by atoms with Crippen LogP contribution in [0.4, 0.5) is 11.4 Å². The number of aliphatic hydroxyl groups excluding tert-OH is 1. The van der Waals surface area contributed by atoms with Crippen molar-refractivity contribution < 1.29 is 9.90 Å². The van der Waals surface area contributed by atoms with E-state index in [-0.39, 0.29) is 12.5 Å². The first kappa shape index (κ1) is 12.1. The maximum Gasteiger partial charge on any atom is 0.255 e. The molecule has 0 aromatic heterocycles. The third kappa shape index (κ3) is 2.87. The summed E-state index contributed by atoms with van der Waals surface area (Å²) in [6.45, 7) is -0.0500. The van der Waals surface area contributed by atoms with Crippen LogP contribution in [0.5, 0.6) is 0 Å². The second kappa shape index (κ2) is 5.33. The number of nitrogens with two attached hydrogens (primary N) is 1. The number of aliphatic hydroxyl groups is 1. The molecule has 0 fully saturated rings. The lowest BCUT2D eigenvalue weighted by atomic mass is 10.1. The molecule has 0 aliphatic carbocycles. The zero-order valence-electron chi connectivity index (χ0n) is 9.76. The van der Waals surface area contributed by atoms with Gasteiger partial charge in [-0.2, -0.15) is 0 Å². The molecule has 2 aromatic rings. The van der Waals surface area contributed by atoms with E-state index >= 15 is 0 Å². The molecule has 0 heterocycles. The van der Waals surface area contributed by atoms with Crippen molar-refractivity contribution in [2.45, 2.75) is 6.61 Å². The lowest BCUT2D eigenvalue weighted by molar-refractivity contribution is 0.102. The molecule has 18 heavy (non-hydrogen) atoms. The highest BCUT2D eigenvalue weighted by Crippen LogP contribution is 2.13. The summed E-state index contributed by atoms with van der Waals surface area (Å²) in [5.74, 6) is -0.204. The van der Waals surface area contributed by atoms with Crippen LogP contribution in [-0.2, 0) is 6.61 Å². The van der Waals surface area contributed by atoms with Crippen LogP contribution in [0, 0.1) is 0 Å². The monoisotopic (exact) mass is 242 g/mol. The van der Waals surface area contributed by atoms with Gasteiger partial charge in [0.15, 0.2) is 0 Å². The van der Waals surface area contributed by atoms with Gasteiger partial charge < -0.3 is 16.2 Å². The average molecular weight is 242 g/mol. The summed E-state index contributed by atoms with van der Waals surface area (Å²) in [6.07, 6.45) is 0. The molecule has 2 rings (SSSR count). The van der Waals surface area contributed by atoms with Crippen molar-refractivity contribution in [1.29, 1.82) is 0 Å². The fraction of sp³-hybridized carbons (Fsp3) is 0.0714. The van der Waals surface area contributed by atoms with E-state index in [9.17, 15) is 4.79 Å². The lowest BCUT2D eigenvalue weighted by Gasteiger charge is -2.06.